The lowest BCUT2D eigenvalue weighted by Gasteiger charge is -2.04. The number of rotatable bonds is 5. The second-order valence-electron chi connectivity index (χ2n) is 3.98. The Kier molecular flexibility index (Phi) is 4.06. The number of benzene rings is 1. The first-order chi connectivity index (χ1) is 8.74. The average molecular weight is 247 g/mol. The summed E-state index contributed by atoms with van der Waals surface area (Å²) >= 11 is 0. The third-order valence-corrected chi connectivity index (χ3v) is 2.53. The van der Waals surface area contributed by atoms with Gasteiger partial charge in [0.1, 0.15) is 5.82 Å². The third-order valence-electron chi connectivity index (χ3n) is 2.53. The molecule has 0 aliphatic carbocycles. The maximum atomic E-state index is 12.9. The number of halogens is 1. The number of nitrogens with one attached hydrogen (secondary N) is 2. The van der Waals surface area contributed by atoms with Crippen LogP contribution in [0.25, 0.3) is 0 Å². The van der Waals surface area contributed by atoms with Crippen molar-refractivity contribution in [3.63, 3.8) is 0 Å². The van der Waals surface area contributed by atoms with Gasteiger partial charge in [0.15, 0.2) is 0 Å². The minimum atomic E-state index is -0.322. The fourth-order valence-corrected chi connectivity index (χ4v) is 1.65. The van der Waals surface area contributed by atoms with E-state index in [9.17, 15) is 9.18 Å². The van der Waals surface area contributed by atoms with Gasteiger partial charge in [-0.05, 0) is 17.7 Å². The number of aromatic amines is 1. The topological polar surface area (TPSA) is 57.8 Å². The second kappa shape index (κ2) is 5.95. The van der Waals surface area contributed by atoms with Crippen molar-refractivity contribution in [1.82, 2.24) is 15.3 Å². The fourth-order valence-electron chi connectivity index (χ4n) is 1.65. The Morgan fingerprint density at radius 3 is 3.06 bits per heavy atom. The molecule has 0 saturated heterocycles. The molecule has 1 heterocycles. The number of carbonyl (C=O) groups excluding carboxylic acids is 1. The molecule has 5 heteroatoms. The van der Waals surface area contributed by atoms with E-state index in [0.29, 0.717) is 18.5 Å². The summed E-state index contributed by atoms with van der Waals surface area (Å²) in [5, 5.41) is 2.78. The van der Waals surface area contributed by atoms with Crippen molar-refractivity contribution in [1.29, 1.82) is 0 Å². The lowest BCUT2D eigenvalue weighted by atomic mass is 10.1. The second-order valence-corrected chi connectivity index (χ2v) is 3.98. The summed E-state index contributed by atoms with van der Waals surface area (Å²) in [6.45, 7) is 0.538. The lowest BCUT2D eigenvalue weighted by molar-refractivity contribution is -0.120. The highest BCUT2D eigenvalue weighted by atomic mass is 19.1. The highest BCUT2D eigenvalue weighted by Crippen LogP contribution is 2.04. The van der Waals surface area contributed by atoms with Gasteiger partial charge < -0.3 is 10.3 Å². The summed E-state index contributed by atoms with van der Waals surface area (Å²) in [5.41, 5.74) is 1.65. The SMILES string of the molecule is O=C(Cc1cccc(F)c1)NCCc1cnc[nH]1. The van der Waals surface area contributed by atoms with Crippen LogP contribution in [0.3, 0.4) is 0 Å². The minimum Gasteiger partial charge on any atom is -0.355 e. The van der Waals surface area contributed by atoms with Crippen molar-refractivity contribution in [2.24, 2.45) is 0 Å². The Morgan fingerprint density at radius 1 is 1.44 bits per heavy atom. The van der Waals surface area contributed by atoms with Gasteiger partial charge in [0.05, 0.1) is 12.7 Å². The molecule has 0 radical (unpaired) electrons. The van der Waals surface area contributed by atoms with E-state index in [0.717, 1.165) is 5.69 Å². The highest BCUT2D eigenvalue weighted by molar-refractivity contribution is 5.78. The smallest absolute Gasteiger partial charge is 0.224 e. The zero-order valence-electron chi connectivity index (χ0n) is 9.82. The Bertz CT molecular complexity index is 511. The van der Waals surface area contributed by atoms with Gasteiger partial charge in [-0.15, -0.1) is 0 Å². The Morgan fingerprint density at radius 2 is 2.33 bits per heavy atom. The highest BCUT2D eigenvalue weighted by Gasteiger charge is 2.04. The molecule has 1 aromatic carbocycles. The summed E-state index contributed by atoms with van der Waals surface area (Å²) in [6, 6.07) is 6.06. The number of nitrogens with zero attached hydrogens (tertiary/aromatic N) is 1. The van der Waals surface area contributed by atoms with Crippen LogP contribution in [0.2, 0.25) is 0 Å². The summed E-state index contributed by atoms with van der Waals surface area (Å²) in [6.07, 6.45) is 4.22. The number of H-pyrrole nitrogens is 1. The molecule has 0 spiro atoms. The molecule has 4 nitrogen and oxygen atoms in total. The van der Waals surface area contributed by atoms with E-state index in [-0.39, 0.29) is 18.1 Å². The van der Waals surface area contributed by atoms with Gasteiger partial charge in [0, 0.05) is 24.9 Å². The van der Waals surface area contributed by atoms with Crippen LogP contribution in [-0.2, 0) is 17.6 Å². The molecular weight excluding hydrogens is 233 g/mol. The quantitative estimate of drug-likeness (QED) is 0.840. The van der Waals surface area contributed by atoms with Crippen molar-refractivity contribution < 1.29 is 9.18 Å². The Labute approximate surface area is 104 Å². The van der Waals surface area contributed by atoms with Crippen LogP contribution in [0.15, 0.2) is 36.8 Å². The minimum absolute atomic E-state index is 0.111. The molecule has 94 valence electrons. The maximum absolute atomic E-state index is 12.9. The number of amides is 1. The van der Waals surface area contributed by atoms with E-state index in [1.54, 1.807) is 24.7 Å². The number of hydrogen-bond acceptors (Lipinski definition) is 2. The largest absolute Gasteiger partial charge is 0.355 e. The molecule has 2 N–H and O–H groups in total. The van der Waals surface area contributed by atoms with Crippen LogP contribution in [-0.4, -0.2) is 22.4 Å². The third kappa shape index (κ3) is 3.69. The first-order valence-corrected chi connectivity index (χ1v) is 5.72. The summed E-state index contributed by atoms with van der Waals surface area (Å²) in [7, 11) is 0. The van der Waals surface area contributed by atoms with Crippen LogP contribution >= 0.6 is 0 Å². The molecule has 2 rings (SSSR count). The molecule has 0 unspecified atom stereocenters. The molecule has 1 amide bonds. The monoisotopic (exact) mass is 247 g/mol. The number of aromatic nitrogens is 2. The normalized spacial score (nSPS) is 10.3. The van der Waals surface area contributed by atoms with Gasteiger partial charge in [-0.1, -0.05) is 12.1 Å². The molecular formula is C13H14FN3O. The van der Waals surface area contributed by atoms with Crippen molar-refractivity contribution in [3.05, 3.63) is 53.9 Å². The zero-order valence-corrected chi connectivity index (χ0v) is 9.82. The van der Waals surface area contributed by atoms with E-state index >= 15 is 0 Å². The standard InChI is InChI=1S/C13H14FN3O/c14-11-3-1-2-10(6-11)7-13(18)16-5-4-12-8-15-9-17-12/h1-3,6,8-9H,4-5,7H2,(H,15,17)(H,16,18). The molecule has 0 fully saturated rings. The molecule has 0 aliphatic rings. The van der Waals surface area contributed by atoms with Crippen LogP contribution in [0.1, 0.15) is 11.3 Å². The van der Waals surface area contributed by atoms with Crippen LogP contribution < -0.4 is 5.32 Å². The van der Waals surface area contributed by atoms with Crippen molar-refractivity contribution in [3.8, 4) is 0 Å². The van der Waals surface area contributed by atoms with Crippen molar-refractivity contribution in [2.45, 2.75) is 12.8 Å². The molecule has 0 atom stereocenters. The zero-order chi connectivity index (χ0) is 12.8. The fraction of sp³-hybridized carbons (Fsp3) is 0.231. The van der Waals surface area contributed by atoms with E-state index in [4.69, 9.17) is 0 Å². The predicted octanol–water partition coefficient (Wildman–Crippen LogP) is 1.45. The van der Waals surface area contributed by atoms with Gasteiger partial charge in [-0.3, -0.25) is 4.79 Å². The van der Waals surface area contributed by atoms with Crippen molar-refractivity contribution in [2.75, 3.05) is 6.54 Å². The first kappa shape index (κ1) is 12.3. The van der Waals surface area contributed by atoms with Crippen molar-refractivity contribution >= 4 is 5.91 Å². The molecule has 1 aromatic heterocycles. The molecule has 0 bridgehead atoms. The Balaban J connectivity index is 1.75. The molecule has 2 aromatic rings. The first-order valence-electron chi connectivity index (χ1n) is 5.72. The lowest BCUT2D eigenvalue weighted by Crippen LogP contribution is -2.27. The Hall–Kier alpha value is -2.17. The molecule has 0 saturated carbocycles. The number of imidazole rings is 1. The number of hydrogen-bond donors (Lipinski definition) is 2. The van der Waals surface area contributed by atoms with E-state index in [1.807, 2.05) is 0 Å². The van der Waals surface area contributed by atoms with E-state index < -0.39 is 0 Å². The van der Waals surface area contributed by atoms with Crippen LogP contribution in [0.5, 0.6) is 0 Å². The van der Waals surface area contributed by atoms with E-state index in [1.165, 1.54) is 12.1 Å². The van der Waals surface area contributed by atoms with Gasteiger partial charge in [-0.25, -0.2) is 9.37 Å². The predicted molar refractivity (Wildman–Crippen MR) is 65.4 cm³/mol. The average Bonchev–Trinajstić information content (AvgIpc) is 2.82. The molecule has 18 heavy (non-hydrogen) atoms. The summed E-state index contributed by atoms with van der Waals surface area (Å²) in [4.78, 5) is 18.4. The van der Waals surface area contributed by atoms with E-state index in [2.05, 4.69) is 15.3 Å². The molecule has 0 aliphatic heterocycles. The summed E-state index contributed by atoms with van der Waals surface area (Å²) in [5.74, 6) is -0.433. The van der Waals surface area contributed by atoms with Gasteiger partial charge in [0.25, 0.3) is 0 Å². The van der Waals surface area contributed by atoms with Gasteiger partial charge >= 0.3 is 0 Å². The van der Waals surface area contributed by atoms with Crippen LogP contribution in [0, 0.1) is 5.82 Å². The van der Waals surface area contributed by atoms with Gasteiger partial charge in [0.2, 0.25) is 5.91 Å². The van der Waals surface area contributed by atoms with Crippen LogP contribution in [0.4, 0.5) is 4.39 Å². The summed E-state index contributed by atoms with van der Waals surface area (Å²) < 4.78 is 12.9. The van der Waals surface area contributed by atoms with Gasteiger partial charge in [-0.2, -0.15) is 0 Å². The maximum Gasteiger partial charge on any atom is 0.224 e. The number of carbonyl (C=O) groups is 1.